The molecular formula is C13H19N5O5. The van der Waals surface area contributed by atoms with Crippen molar-refractivity contribution in [1.82, 2.24) is 19.7 Å². The van der Waals surface area contributed by atoms with Gasteiger partial charge < -0.3 is 30.3 Å². The second-order valence-electron chi connectivity index (χ2n) is 5.38. The van der Waals surface area contributed by atoms with E-state index in [-0.39, 0.29) is 11.6 Å². The Bertz CT molecular complexity index is 672. The van der Waals surface area contributed by atoms with Crippen LogP contribution < -0.4 is 5.73 Å². The van der Waals surface area contributed by atoms with Crippen LogP contribution in [0.1, 0.15) is 25.5 Å². The van der Waals surface area contributed by atoms with Gasteiger partial charge in [-0.3, -0.25) is 4.57 Å². The van der Waals surface area contributed by atoms with Crippen molar-refractivity contribution in [2.24, 2.45) is 0 Å². The van der Waals surface area contributed by atoms with Crippen LogP contribution in [0, 0.1) is 0 Å². The van der Waals surface area contributed by atoms with Crippen LogP contribution in [0.5, 0.6) is 0 Å². The highest BCUT2D eigenvalue weighted by Crippen LogP contribution is 2.33. The standard InChI is InChI=1S/C13H19N5O5/c1-2-3-7-16-12(17-23-7)8-11(14)18(5-15-8)13-10(21)9(20)6(4-19)22-13/h5-6,9-10,13,19-21H,2-4,14H2,1H3/t6-,9-,10-,13-/m1/s1. The van der Waals surface area contributed by atoms with Crippen molar-refractivity contribution in [2.45, 2.75) is 44.3 Å². The fourth-order valence-electron chi connectivity index (χ4n) is 2.52. The van der Waals surface area contributed by atoms with Crippen molar-refractivity contribution >= 4 is 5.82 Å². The first-order valence-corrected chi connectivity index (χ1v) is 7.34. The van der Waals surface area contributed by atoms with Gasteiger partial charge in [0.25, 0.3) is 0 Å². The van der Waals surface area contributed by atoms with Crippen molar-refractivity contribution in [2.75, 3.05) is 12.3 Å². The van der Waals surface area contributed by atoms with Crippen molar-refractivity contribution in [3.63, 3.8) is 0 Å². The predicted octanol–water partition coefficient (Wildman–Crippen LogP) is -0.921. The summed E-state index contributed by atoms with van der Waals surface area (Å²) in [6, 6.07) is 0. The van der Waals surface area contributed by atoms with Gasteiger partial charge in [-0.25, -0.2) is 4.98 Å². The maximum atomic E-state index is 10.1. The third-order valence-electron chi connectivity index (χ3n) is 3.77. The molecule has 0 bridgehead atoms. The lowest BCUT2D eigenvalue weighted by molar-refractivity contribution is -0.0517. The number of aliphatic hydroxyl groups excluding tert-OH is 3. The SMILES string of the molecule is CCCc1nc(-c2ncn([C@@H]3O[C@H](CO)[C@@H](O)[C@H]3O)c2N)no1. The lowest BCUT2D eigenvalue weighted by Gasteiger charge is -2.17. The molecule has 0 amide bonds. The molecule has 1 aliphatic rings. The van der Waals surface area contributed by atoms with Gasteiger partial charge in [0, 0.05) is 6.42 Å². The number of aliphatic hydroxyl groups is 3. The normalized spacial score (nSPS) is 27.7. The molecule has 2 aromatic rings. The zero-order valence-electron chi connectivity index (χ0n) is 12.5. The molecule has 0 aliphatic carbocycles. The number of aromatic nitrogens is 4. The average molecular weight is 325 g/mol. The summed E-state index contributed by atoms with van der Waals surface area (Å²) in [4.78, 5) is 8.34. The first-order valence-electron chi connectivity index (χ1n) is 7.34. The van der Waals surface area contributed by atoms with E-state index < -0.39 is 31.1 Å². The third kappa shape index (κ3) is 2.70. The van der Waals surface area contributed by atoms with E-state index in [2.05, 4.69) is 15.1 Å². The summed E-state index contributed by atoms with van der Waals surface area (Å²) >= 11 is 0. The van der Waals surface area contributed by atoms with E-state index >= 15 is 0 Å². The Hall–Kier alpha value is -2.01. The van der Waals surface area contributed by atoms with E-state index in [1.54, 1.807) is 0 Å². The van der Waals surface area contributed by atoms with Gasteiger partial charge in [-0.1, -0.05) is 12.1 Å². The molecule has 1 saturated heterocycles. The summed E-state index contributed by atoms with van der Waals surface area (Å²) in [7, 11) is 0. The van der Waals surface area contributed by atoms with Crippen LogP contribution in [0.15, 0.2) is 10.9 Å². The number of aryl methyl sites for hydroxylation is 1. The highest BCUT2D eigenvalue weighted by atomic mass is 16.6. The molecule has 5 N–H and O–H groups in total. The number of hydrogen-bond donors (Lipinski definition) is 4. The lowest BCUT2D eigenvalue weighted by Crippen LogP contribution is -2.33. The highest BCUT2D eigenvalue weighted by Gasteiger charge is 2.44. The monoisotopic (exact) mass is 325 g/mol. The van der Waals surface area contributed by atoms with Crippen LogP contribution in [0.25, 0.3) is 11.5 Å². The summed E-state index contributed by atoms with van der Waals surface area (Å²) in [6.07, 6.45) is -1.40. The molecule has 10 heteroatoms. The molecule has 0 aromatic carbocycles. The number of hydrogen-bond acceptors (Lipinski definition) is 9. The Labute approximate surface area is 131 Å². The van der Waals surface area contributed by atoms with E-state index in [0.29, 0.717) is 18.0 Å². The summed E-state index contributed by atoms with van der Waals surface area (Å²) in [5.41, 5.74) is 6.34. The maximum absolute atomic E-state index is 10.1. The van der Waals surface area contributed by atoms with Gasteiger partial charge in [-0.2, -0.15) is 4.98 Å². The number of ether oxygens (including phenoxy) is 1. The topological polar surface area (TPSA) is 153 Å². The zero-order valence-corrected chi connectivity index (χ0v) is 12.5. The molecule has 126 valence electrons. The first kappa shape index (κ1) is 15.9. The van der Waals surface area contributed by atoms with Gasteiger partial charge in [0.2, 0.25) is 11.7 Å². The van der Waals surface area contributed by atoms with Gasteiger partial charge in [-0.05, 0) is 6.42 Å². The number of imidazole rings is 1. The lowest BCUT2D eigenvalue weighted by atomic mass is 10.1. The van der Waals surface area contributed by atoms with Gasteiger partial charge in [0.05, 0.1) is 12.9 Å². The van der Waals surface area contributed by atoms with Crippen molar-refractivity contribution in [3.8, 4) is 11.5 Å². The molecule has 23 heavy (non-hydrogen) atoms. The number of anilines is 1. The van der Waals surface area contributed by atoms with Crippen LogP contribution in [0.2, 0.25) is 0 Å². The summed E-state index contributed by atoms with van der Waals surface area (Å²) in [6.45, 7) is 1.58. The molecule has 0 unspecified atom stereocenters. The highest BCUT2D eigenvalue weighted by molar-refractivity contribution is 5.63. The molecule has 3 rings (SSSR count). The minimum Gasteiger partial charge on any atom is -0.394 e. The number of nitrogens with two attached hydrogens (primary N) is 1. The third-order valence-corrected chi connectivity index (χ3v) is 3.77. The Kier molecular flexibility index (Phi) is 4.31. The van der Waals surface area contributed by atoms with Crippen molar-refractivity contribution < 1.29 is 24.6 Å². The molecule has 0 spiro atoms. The molecular weight excluding hydrogens is 306 g/mol. The van der Waals surface area contributed by atoms with Gasteiger partial charge in [0.1, 0.15) is 24.1 Å². The largest absolute Gasteiger partial charge is 0.394 e. The summed E-state index contributed by atoms with van der Waals surface area (Å²) in [5.74, 6) is 0.907. The average Bonchev–Trinajstić information content (AvgIpc) is 3.21. The minimum atomic E-state index is -1.24. The molecule has 3 heterocycles. The van der Waals surface area contributed by atoms with Gasteiger partial charge in [0.15, 0.2) is 11.9 Å². The van der Waals surface area contributed by atoms with Gasteiger partial charge >= 0.3 is 0 Å². The molecule has 4 atom stereocenters. The van der Waals surface area contributed by atoms with E-state index in [9.17, 15) is 10.2 Å². The predicted molar refractivity (Wildman–Crippen MR) is 76.9 cm³/mol. The number of nitrogens with zero attached hydrogens (tertiary/aromatic N) is 4. The van der Waals surface area contributed by atoms with Crippen LogP contribution in [0.3, 0.4) is 0 Å². The zero-order chi connectivity index (χ0) is 16.6. The first-order chi connectivity index (χ1) is 11.1. The fourth-order valence-corrected chi connectivity index (χ4v) is 2.52. The molecule has 0 radical (unpaired) electrons. The quantitative estimate of drug-likeness (QED) is 0.546. The molecule has 1 aliphatic heterocycles. The van der Waals surface area contributed by atoms with E-state index in [1.165, 1.54) is 10.9 Å². The number of nitrogen functional groups attached to an aromatic ring is 1. The van der Waals surface area contributed by atoms with Crippen LogP contribution in [-0.2, 0) is 11.2 Å². The Morgan fingerprint density at radius 1 is 1.35 bits per heavy atom. The second-order valence-corrected chi connectivity index (χ2v) is 5.38. The molecule has 2 aromatic heterocycles. The van der Waals surface area contributed by atoms with Crippen molar-refractivity contribution in [3.05, 3.63) is 12.2 Å². The Morgan fingerprint density at radius 3 is 2.78 bits per heavy atom. The van der Waals surface area contributed by atoms with Crippen LogP contribution in [-0.4, -0.2) is 59.9 Å². The second kappa shape index (κ2) is 6.24. The number of rotatable bonds is 5. The summed E-state index contributed by atoms with van der Waals surface area (Å²) in [5, 5.41) is 32.8. The fraction of sp³-hybridized carbons (Fsp3) is 0.615. The Balaban J connectivity index is 1.87. The van der Waals surface area contributed by atoms with Crippen LogP contribution >= 0.6 is 0 Å². The smallest absolute Gasteiger partial charge is 0.226 e. The molecule has 1 fully saturated rings. The summed E-state index contributed by atoms with van der Waals surface area (Å²) < 4.78 is 11.9. The molecule has 0 saturated carbocycles. The van der Waals surface area contributed by atoms with E-state index in [1.807, 2.05) is 6.92 Å². The molecule has 10 nitrogen and oxygen atoms in total. The maximum Gasteiger partial charge on any atom is 0.226 e. The van der Waals surface area contributed by atoms with E-state index in [4.69, 9.17) is 20.1 Å². The minimum absolute atomic E-state index is 0.170. The van der Waals surface area contributed by atoms with Crippen molar-refractivity contribution in [1.29, 1.82) is 0 Å². The van der Waals surface area contributed by atoms with Gasteiger partial charge in [-0.15, -0.1) is 0 Å². The van der Waals surface area contributed by atoms with E-state index in [0.717, 1.165) is 6.42 Å². The Morgan fingerprint density at radius 2 is 2.13 bits per heavy atom. The van der Waals surface area contributed by atoms with Crippen LogP contribution in [0.4, 0.5) is 5.82 Å².